The van der Waals surface area contributed by atoms with Crippen molar-refractivity contribution >= 4 is 0 Å². The minimum atomic E-state index is 0.376. The van der Waals surface area contributed by atoms with Gasteiger partial charge in [-0.3, -0.25) is 0 Å². The zero-order chi connectivity index (χ0) is 11.4. The summed E-state index contributed by atoms with van der Waals surface area (Å²) in [6.45, 7) is 2.56. The van der Waals surface area contributed by atoms with Crippen LogP contribution >= 0.6 is 0 Å². The van der Waals surface area contributed by atoms with Crippen LogP contribution in [0.3, 0.4) is 0 Å². The Morgan fingerprint density at radius 1 is 1.31 bits per heavy atom. The first kappa shape index (κ1) is 11.6. The lowest BCUT2D eigenvalue weighted by Gasteiger charge is -2.35. The number of nitrogens with one attached hydrogen (secondary N) is 1. The van der Waals surface area contributed by atoms with E-state index in [2.05, 4.69) is 54.6 Å². The van der Waals surface area contributed by atoms with E-state index in [1.165, 1.54) is 5.56 Å². The summed E-state index contributed by atoms with van der Waals surface area (Å²) in [6, 6.07) is 11.4. The van der Waals surface area contributed by atoms with Crippen LogP contribution in [-0.2, 0) is 4.74 Å². The molecular weight excluding hydrogens is 200 g/mol. The molecule has 3 nitrogen and oxygen atoms in total. The Labute approximate surface area is 97.4 Å². The summed E-state index contributed by atoms with van der Waals surface area (Å²) in [4.78, 5) is 2.25. The van der Waals surface area contributed by atoms with Gasteiger partial charge in [-0.15, -0.1) is 0 Å². The minimum Gasteiger partial charge on any atom is -0.378 e. The first-order valence-corrected chi connectivity index (χ1v) is 5.81. The van der Waals surface area contributed by atoms with Gasteiger partial charge in [-0.25, -0.2) is 0 Å². The molecule has 0 aliphatic carbocycles. The molecule has 88 valence electrons. The summed E-state index contributed by atoms with van der Waals surface area (Å²) in [6.07, 6.45) is 0. The van der Waals surface area contributed by atoms with Gasteiger partial charge in [0.25, 0.3) is 0 Å². The van der Waals surface area contributed by atoms with E-state index in [0.717, 1.165) is 19.8 Å². The fourth-order valence-corrected chi connectivity index (χ4v) is 2.33. The lowest BCUT2D eigenvalue weighted by Crippen LogP contribution is -2.48. The van der Waals surface area contributed by atoms with Crippen LogP contribution in [0.2, 0.25) is 0 Å². The van der Waals surface area contributed by atoms with Gasteiger partial charge in [0.15, 0.2) is 0 Å². The van der Waals surface area contributed by atoms with Crippen molar-refractivity contribution in [3.8, 4) is 0 Å². The average Bonchev–Trinajstić information content (AvgIpc) is 2.31. The van der Waals surface area contributed by atoms with Crippen LogP contribution in [0.4, 0.5) is 0 Å². The fraction of sp³-hybridized carbons (Fsp3) is 0.538. The molecule has 1 aliphatic heterocycles. The molecule has 2 atom stereocenters. The number of morpholine rings is 1. The molecule has 1 fully saturated rings. The van der Waals surface area contributed by atoms with Gasteiger partial charge in [0.05, 0.1) is 25.3 Å². The molecule has 0 spiro atoms. The van der Waals surface area contributed by atoms with Crippen molar-refractivity contribution in [1.29, 1.82) is 0 Å². The lowest BCUT2D eigenvalue weighted by atomic mass is 9.98. The van der Waals surface area contributed by atoms with Crippen LogP contribution in [0.1, 0.15) is 11.6 Å². The third kappa shape index (κ3) is 2.61. The first-order valence-electron chi connectivity index (χ1n) is 5.81. The van der Waals surface area contributed by atoms with Gasteiger partial charge >= 0.3 is 0 Å². The van der Waals surface area contributed by atoms with E-state index in [1.54, 1.807) is 0 Å². The maximum absolute atomic E-state index is 5.55. The van der Waals surface area contributed by atoms with E-state index in [-0.39, 0.29) is 0 Å². The molecule has 0 aromatic heterocycles. The van der Waals surface area contributed by atoms with E-state index in [9.17, 15) is 0 Å². The Morgan fingerprint density at radius 2 is 2.06 bits per heavy atom. The van der Waals surface area contributed by atoms with Crippen molar-refractivity contribution in [2.45, 2.75) is 12.1 Å². The highest BCUT2D eigenvalue weighted by Gasteiger charge is 2.26. The zero-order valence-electron chi connectivity index (χ0n) is 10.0. The van der Waals surface area contributed by atoms with Gasteiger partial charge in [-0.05, 0) is 19.7 Å². The summed E-state index contributed by atoms with van der Waals surface area (Å²) in [5, 5.41) is 3.53. The Morgan fingerprint density at radius 3 is 2.62 bits per heavy atom. The van der Waals surface area contributed by atoms with Gasteiger partial charge in [-0.2, -0.15) is 0 Å². The Kier molecular flexibility index (Phi) is 3.93. The molecule has 0 amide bonds. The molecule has 1 saturated heterocycles. The van der Waals surface area contributed by atoms with E-state index in [1.807, 2.05) is 0 Å². The van der Waals surface area contributed by atoms with Crippen molar-refractivity contribution in [3.05, 3.63) is 35.9 Å². The monoisotopic (exact) mass is 220 g/mol. The molecule has 1 heterocycles. The van der Waals surface area contributed by atoms with Crippen molar-refractivity contribution in [2.24, 2.45) is 0 Å². The minimum absolute atomic E-state index is 0.376. The quantitative estimate of drug-likeness (QED) is 0.830. The van der Waals surface area contributed by atoms with Crippen molar-refractivity contribution < 1.29 is 4.74 Å². The zero-order valence-corrected chi connectivity index (χ0v) is 10.0. The number of benzene rings is 1. The highest BCUT2D eigenvalue weighted by molar-refractivity contribution is 5.21. The molecule has 0 saturated carbocycles. The highest BCUT2D eigenvalue weighted by Crippen LogP contribution is 2.23. The second kappa shape index (κ2) is 5.43. The SMILES string of the molecule is CN(C)C(c1ccccc1)C1COCCN1. The number of hydrogen-bond donors (Lipinski definition) is 1. The first-order chi connectivity index (χ1) is 7.79. The molecule has 1 aromatic rings. The second-order valence-electron chi connectivity index (χ2n) is 4.45. The third-order valence-electron chi connectivity index (χ3n) is 3.03. The summed E-state index contributed by atoms with van der Waals surface area (Å²) in [5.41, 5.74) is 1.34. The Balaban J connectivity index is 2.16. The summed E-state index contributed by atoms with van der Waals surface area (Å²) < 4.78 is 5.55. The predicted octanol–water partition coefficient (Wildman–Crippen LogP) is 1.28. The molecule has 1 aliphatic rings. The molecule has 3 heteroatoms. The van der Waals surface area contributed by atoms with Crippen LogP contribution < -0.4 is 5.32 Å². The number of rotatable bonds is 3. The van der Waals surface area contributed by atoms with E-state index < -0.39 is 0 Å². The van der Waals surface area contributed by atoms with Crippen LogP contribution in [0, 0.1) is 0 Å². The number of hydrogen-bond acceptors (Lipinski definition) is 3. The van der Waals surface area contributed by atoms with Crippen molar-refractivity contribution in [3.63, 3.8) is 0 Å². The third-order valence-corrected chi connectivity index (χ3v) is 3.03. The number of ether oxygens (including phenoxy) is 1. The molecule has 1 N–H and O–H groups in total. The molecule has 0 radical (unpaired) electrons. The van der Waals surface area contributed by atoms with Crippen LogP contribution in [0.15, 0.2) is 30.3 Å². The molecule has 2 rings (SSSR count). The van der Waals surface area contributed by atoms with Gasteiger partial charge in [0, 0.05) is 6.54 Å². The second-order valence-corrected chi connectivity index (χ2v) is 4.45. The topological polar surface area (TPSA) is 24.5 Å². The predicted molar refractivity (Wildman–Crippen MR) is 65.5 cm³/mol. The maximum atomic E-state index is 5.55. The summed E-state index contributed by atoms with van der Waals surface area (Å²) in [7, 11) is 4.24. The van der Waals surface area contributed by atoms with E-state index >= 15 is 0 Å². The summed E-state index contributed by atoms with van der Waals surface area (Å²) in [5.74, 6) is 0. The molecule has 2 unspecified atom stereocenters. The van der Waals surface area contributed by atoms with Crippen LogP contribution in [0.5, 0.6) is 0 Å². The smallest absolute Gasteiger partial charge is 0.0639 e. The highest BCUT2D eigenvalue weighted by atomic mass is 16.5. The fourth-order valence-electron chi connectivity index (χ4n) is 2.33. The molecule has 0 bridgehead atoms. The van der Waals surface area contributed by atoms with Crippen LogP contribution in [-0.4, -0.2) is 44.8 Å². The lowest BCUT2D eigenvalue weighted by molar-refractivity contribution is 0.0459. The van der Waals surface area contributed by atoms with E-state index in [4.69, 9.17) is 4.74 Å². The van der Waals surface area contributed by atoms with Gasteiger partial charge in [-0.1, -0.05) is 30.3 Å². The van der Waals surface area contributed by atoms with Gasteiger partial charge in [0.2, 0.25) is 0 Å². The maximum Gasteiger partial charge on any atom is 0.0639 e. The van der Waals surface area contributed by atoms with Crippen LogP contribution in [0.25, 0.3) is 0 Å². The molecule has 16 heavy (non-hydrogen) atoms. The Hall–Kier alpha value is -0.900. The number of nitrogens with zero attached hydrogens (tertiary/aromatic N) is 1. The molecule has 1 aromatic carbocycles. The van der Waals surface area contributed by atoms with Crippen molar-refractivity contribution in [1.82, 2.24) is 10.2 Å². The standard InChI is InChI=1S/C13H20N2O/c1-15(2)13(11-6-4-3-5-7-11)12-10-16-9-8-14-12/h3-7,12-14H,8-10H2,1-2H3. The molecular formula is C13H20N2O. The largest absolute Gasteiger partial charge is 0.378 e. The van der Waals surface area contributed by atoms with Crippen molar-refractivity contribution in [2.75, 3.05) is 33.9 Å². The Bertz CT molecular complexity index is 307. The van der Waals surface area contributed by atoms with E-state index in [0.29, 0.717) is 12.1 Å². The number of likely N-dealkylation sites (N-methyl/N-ethyl adjacent to an activating group) is 1. The average molecular weight is 220 g/mol. The van der Waals surface area contributed by atoms with Gasteiger partial charge < -0.3 is 15.0 Å². The van der Waals surface area contributed by atoms with Gasteiger partial charge in [0.1, 0.15) is 0 Å². The summed E-state index contributed by atoms with van der Waals surface area (Å²) >= 11 is 0. The normalized spacial score (nSPS) is 23.3.